The lowest BCUT2D eigenvalue weighted by molar-refractivity contribution is -0.144. The zero-order valence-corrected chi connectivity index (χ0v) is 18.7. The number of carbonyl (C=O) groups excluding carboxylic acids is 1. The Kier molecular flexibility index (Phi) is 6.63. The Hall–Kier alpha value is -3.27. The summed E-state index contributed by atoms with van der Waals surface area (Å²) in [6.45, 7) is 6.43. The number of hydrogen-bond donors (Lipinski definition) is 2. The van der Waals surface area contributed by atoms with Gasteiger partial charge in [0.15, 0.2) is 0 Å². The molecule has 174 valence electrons. The second kappa shape index (κ2) is 9.07. The van der Waals surface area contributed by atoms with Crippen molar-refractivity contribution in [3.63, 3.8) is 0 Å². The van der Waals surface area contributed by atoms with Crippen LogP contribution in [0.15, 0.2) is 24.4 Å². The molecule has 1 aromatic carbocycles. The second-order valence-corrected chi connectivity index (χ2v) is 8.73. The van der Waals surface area contributed by atoms with Gasteiger partial charge in [0.2, 0.25) is 0 Å². The number of aromatic nitrogens is 1. The lowest BCUT2D eigenvalue weighted by Gasteiger charge is -2.38. The van der Waals surface area contributed by atoms with Gasteiger partial charge < -0.3 is 29.2 Å². The molecule has 0 bridgehead atoms. The highest BCUT2D eigenvalue weighted by molar-refractivity contribution is 5.91. The molecule has 2 aromatic rings. The van der Waals surface area contributed by atoms with E-state index in [9.17, 15) is 24.6 Å². The van der Waals surface area contributed by atoms with E-state index in [0.29, 0.717) is 48.4 Å². The lowest BCUT2D eigenvalue weighted by Crippen LogP contribution is -2.51. The van der Waals surface area contributed by atoms with Gasteiger partial charge in [-0.3, -0.25) is 14.5 Å². The number of rotatable bonds is 6. The van der Waals surface area contributed by atoms with Gasteiger partial charge in [-0.15, -0.1) is 0 Å². The van der Waals surface area contributed by atoms with E-state index in [-0.39, 0.29) is 6.54 Å². The SMILES string of the molecule is COc1ccc2c(c1)c([C@@H](C(=O)O)N1CCN(C(=O)OC(C)(C)C)CC1)cn2CC(=O)O. The minimum atomic E-state index is -1.05. The standard InChI is InChI=1S/C22H29N3O7/c1-22(2,3)32-21(30)24-9-7-23(8-10-24)19(20(28)29)16-12-25(13-18(26)27)17-6-5-14(31-4)11-15(16)17/h5-6,11-12,19H,7-10,13H2,1-4H3,(H,26,27)(H,28,29)/t19-/m0/s1. The summed E-state index contributed by atoms with van der Waals surface area (Å²) in [4.78, 5) is 39.3. The molecule has 1 fully saturated rings. The van der Waals surface area contributed by atoms with Crippen LogP contribution in [0.4, 0.5) is 4.79 Å². The van der Waals surface area contributed by atoms with Gasteiger partial charge in [0.1, 0.15) is 23.9 Å². The van der Waals surface area contributed by atoms with E-state index in [2.05, 4.69) is 0 Å². The minimum Gasteiger partial charge on any atom is -0.497 e. The Labute approximate surface area is 185 Å². The van der Waals surface area contributed by atoms with E-state index >= 15 is 0 Å². The van der Waals surface area contributed by atoms with Gasteiger partial charge in [-0.1, -0.05) is 0 Å². The number of fused-ring (bicyclic) bond motifs is 1. The summed E-state index contributed by atoms with van der Waals surface area (Å²) in [7, 11) is 1.51. The number of benzene rings is 1. The fourth-order valence-corrected chi connectivity index (χ4v) is 3.90. The van der Waals surface area contributed by atoms with Crippen molar-refractivity contribution in [2.24, 2.45) is 0 Å². The molecule has 10 nitrogen and oxygen atoms in total. The molecule has 1 atom stereocenters. The van der Waals surface area contributed by atoms with Crippen molar-refractivity contribution in [1.82, 2.24) is 14.4 Å². The predicted molar refractivity (Wildman–Crippen MR) is 116 cm³/mol. The van der Waals surface area contributed by atoms with E-state index in [1.807, 2.05) is 0 Å². The van der Waals surface area contributed by atoms with Crippen molar-refractivity contribution < 1.29 is 34.1 Å². The van der Waals surface area contributed by atoms with Crippen LogP contribution in [0.25, 0.3) is 10.9 Å². The van der Waals surface area contributed by atoms with Crippen molar-refractivity contribution in [3.05, 3.63) is 30.0 Å². The molecule has 1 aliphatic rings. The molecule has 2 heterocycles. The largest absolute Gasteiger partial charge is 0.497 e. The number of aliphatic carboxylic acids is 2. The molecular formula is C22H29N3O7. The smallest absolute Gasteiger partial charge is 0.410 e. The van der Waals surface area contributed by atoms with Crippen molar-refractivity contribution in [2.75, 3.05) is 33.3 Å². The number of piperazine rings is 1. The van der Waals surface area contributed by atoms with Crippen LogP contribution in [-0.2, 0) is 20.9 Å². The van der Waals surface area contributed by atoms with Crippen LogP contribution in [0.3, 0.4) is 0 Å². The van der Waals surface area contributed by atoms with Gasteiger partial charge >= 0.3 is 18.0 Å². The summed E-state index contributed by atoms with van der Waals surface area (Å²) >= 11 is 0. The third kappa shape index (κ3) is 5.13. The van der Waals surface area contributed by atoms with E-state index in [4.69, 9.17) is 9.47 Å². The topological polar surface area (TPSA) is 122 Å². The van der Waals surface area contributed by atoms with Crippen LogP contribution in [-0.4, -0.2) is 81.5 Å². The first-order valence-corrected chi connectivity index (χ1v) is 10.3. The number of methoxy groups -OCH3 is 1. The van der Waals surface area contributed by atoms with Crippen LogP contribution < -0.4 is 4.74 Å². The van der Waals surface area contributed by atoms with E-state index in [0.717, 1.165) is 0 Å². The zero-order valence-electron chi connectivity index (χ0n) is 18.7. The Bertz CT molecular complexity index is 1020. The number of carboxylic acid groups (broad SMARTS) is 2. The molecule has 1 aromatic heterocycles. The number of carbonyl (C=O) groups is 3. The molecule has 2 N–H and O–H groups in total. The van der Waals surface area contributed by atoms with Gasteiger partial charge in [0.05, 0.1) is 7.11 Å². The number of nitrogens with zero attached hydrogens (tertiary/aromatic N) is 3. The highest BCUT2D eigenvalue weighted by atomic mass is 16.6. The van der Waals surface area contributed by atoms with Crippen molar-refractivity contribution in [2.45, 2.75) is 39.0 Å². The Balaban J connectivity index is 1.90. The number of hydrogen-bond acceptors (Lipinski definition) is 6. The fourth-order valence-electron chi connectivity index (χ4n) is 3.90. The van der Waals surface area contributed by atoms with Crippen molar-refractivity contribution >= 4 is 28.9 Å². The van der Waals surface area contributed by atoms with Crippen molar-refractivity contribution in [1.29, 1.82) is 0 Å². The van der Waals surface area contributed by atoms with E-state index < -0.39 is 29.7 Å². The molecule has 0 radical (unpaired) electrons. The molecular weight excluding hydrogens is 418 g/mol. The average molecular weight is 447 g/mol. The summed E-state index contributed by atoms with van der Waals surface area (Å²) in [5, 5.41) is 20.0. The number of amides is 1. The molecule has 0 spiro atoms. The first-order chi connectivity index (χ1) is 15.0. The predicted octanol–water partition coefficient (Wildman–Crippen LogP) is 2.41. The quantitative estimate of drug-likeness (QED) is 0.692. The molecule has 1 saturated heterocycles. The summed E-state index contributed by atoms with van der Waals surface area (Å²) in [6, 6.07) is 4.15. The highest BCUT2D eigenvalue weighted by Gasteiger charge is 2.35. The number of carboxylic acids is 2. The fraction of sp³-hybridized carbons (Fsp3) is 0.500. The zero-order chi connectivity index (χ0) is 23.6. The van der Waals surface area contributed by atoms with Gasteiger partial charge in [0, 0.05) is 48.8 Å². The molecule has 0 saturated carbocycles. The molecule has 3 rings (SSSR count). The molecule has 10 heteroatoms. The Morgan fingerprint density at radius 2 is 1.75 bits per heavy atom. The van der Waals surface area contributed by atoms with Crippen molar-refractivity contribution in [3.8, 4) is 5.75 Å². The van der Waals surface area contributed by atoms with Gasteiger partial charge in [-0.25, -0.2) is 4.79 Å². The first-order valence-electron chi connectivity index (χ1n) is 10.3. The van der Waals surface area contributed by atoms with Crippen LogP contribution >= 0.6 is 0 Å². The Morgan fingerprint density at radius 3 is 2.28 bits per heavy atom. The third-order valence-electron chi connectivity index (χ3n) is 5.28. The molecule has 1 amide bonds. The summed E-state index contributed by atoms with van der Waals surface area (Å²) in [5.74, 6) is -1.53. The van der Waals surface area contributed by atoms with Gasteiger partial charge in [0.25, 0.3) is 0 Å². The van der Waals surface area contributed by atoms with Crippen LogP contribution in [0, 0.1) is 0 Å². The maximum Gasteiger partial charge on any atom is 0.410 e. The average Bonchev–Trinajstić information content (AvgIpc) is 3.03. The summed E-state index contributed by atoms with van der Waals surface area (Å²) in [5.41, 5.74) is 0.489. The van der Waals surface area contributed by atoms with Gasteiger partial charge in [-0.2, -0.15) is 0 Å². The normalized spacial score (nSPS) is 16.1. The molecule has 0 aliphatic carbocycles. The minimum absolute atomic E-state index is 0.290. The highest BCUT2D eigenvalue weighted by Crippen LogP contribution is 2.33. The third-order valence-corrected chi connectivity index (χ3v) is 5.28. The van der Waals surface area contributed by atoms with Gasteiger partial charge in [-0.05, 0) is 39.0 Å². The second-order valence-electron chi connectivity index (χ2n) is 8.73. The first kappa shape index (κ1) is 23.4. The van der Waals surface area contributed by atoms with Crippen LogP contribution in [0.2, 0.25) is 0 Å². The van der Waals surface area contributed by atoms with Crippen LogP contribution in [0.1, 0.15) is 32.4 Å². The molecule has 0 unspecified atom stereocenters. The van der Waals surface area contributed by atoms with Crippen LogP contribution in [0.5, 0.6) is 5.75 Å². The lowest BCUT2D eigenvalue weighted by atomic mass is 10.0. The van der Waals surface area contributed by atoms with E-state index in [1.54, 1.807) is 55.0 Å². The maximum atomic E-state index is 12.3. The number of ether oxygens (including phenoxy) is 2. The van der Waals surface area contributed by atoms with E-state index in [1.165, 1.54) is 11.7 Å². The Morgan fingerprint density at radius 1 is 1.09 bits per heavy atom. The molecule has 32 heavy (non-hydrogen) atoms. The maximum absolute atomic E-state index is 12.3. The molecule has 1 aliphatic heterocycles. The summed E-state index contributed by atoms with van der Waals surface area (Å²) < 4.78 is 12.2. The summed E-state index contributed by atoms with van der Waals surface area (Å²) in [6.07, 6.45) is 1.16. The monoisotopic (exact) mass is 447 g/mol.